The van der Waals surface area contributed by atoms with E-state index in [9.17, 15) is 0 Å². The van der Waals surface area contributed by atoms with E-state index in [1.54, 1.807) is 6.92 Å². The first-order valence-corrected chi connectivity index (χ1v) is 4.39. The van der Waals surface area contributed by atoms with Gasteiger partial charge in [0.05, 0.1) is 0 Å². The van der Waals surface area contributed by atoms with Gasteiger partial charge in [0.25, 0.3) is 0 Å². The number of nitrogens with zero attached hydrogens (tertiary/aromatic N) is 3. The maximum absolute atomic E-state index is 5.82. The van der Waals surface area contributed by atoms with Crippen LogP contribution < -0.4 is 0 Å². The summed E-state index contributed by atoms with van der Waals surface area (Å²) in [5, 5.41) is 7.03. The van der Waals surface area contributed by atoms with Gasteiger partial charge in [0.1, 0.15) is 21.5 Å². The predicted octanol–water partition coefficient (Wildman–Crippen LogP) is 2.08. The van der Waals surface area contributed by atoms with E-state index in [1.807, 2.05) is 0 Å². The second-order valence-electron chi connectivity index (χ2n) is 2.30. The van der Waals surface area contributed by atoms with Gasteiger partial charge in [-0.1, -0.05) is 11.6 Å². The standard InChI is InChI=1S/C6H4BrClN4/c1-2-9-3-4(6(8)10-2)11-12-5(3)7/h1H3,(H,11,12). The van der Waals surface area contributed by atoms with Crippen molar-refractivity contribution in [3.05, 3.63) is 15.6 Å². The van der Waals surface area contributed by atoms with Crippen LogP contribution in [0.5, 0.6) is 0 Å². The summed E-state index contributed by atoms with van der Waals surface area (Å²) in [6.07, 6.45) is 0. The quantitative estimate of drug-likeness (QED) is 0.725. The number of aromatic nitrogens is 4. The molecule has 12 heavy (non-hydrogen) atoms. The van der Waals surface area contributed by atoms with Gasteiger partial charge in [-0.05, 0) is 22.9 Å². The highest BCUT2D eigenvalue weighted by Gasteiger charge is 2.09. The first-order valence-electron chi connectivity index (χ1n) is 3.22. The van der Waals surface area contributed by atoms with E-state index in [-0.39, 0.29) is 0 Å². The zero-order valence-corrected chi connectivity index (χ0v) is 8.44. The summed E-state index contributed by atoms with van der Waals surface area (Å²) >= 11 is 9.09. The van der Waals surface area contributed by atoms with Crippen molar-refractivity contribution in [1.29, 1.82) is 0 Å². The van der Waals surface area contributed by atoms with Crippen LogP contribution in [-0.4, -0.2) is 20.2 Å². The molecule has 2 aromatic rings. The molecule has 0 aliphatic carbocycles. The fourth-order valence-corrected chi connectivity index (χ4v) is 1.56. The van der Waals surface area contributed by atoms with Gasteiger partial charge < -0.3 is 0 Å². The Labute approximate surface area is 81.5 Å². The van der Waals surface area contributed by atoms with E-state index in [0.29, 0.717) is 22.0 Å². The van der Waals surface area contributed by atoms with Gasteiger partial charge in [-0.25, -0.2) is 9.97 Å². The van der Waals surface area contributed by atoms with Crippen molar-refractivity contribution in [2.45, 2.75) is 6.92 Å². The van der Waals surface area contributed by atoms with Crippen molar-refractivity contribution >= 4 is 38.6 Å². The molecule has 0 radical (unpaired) electrons. The predicted molar refractivity (Wildman–Crippen MR) is 49.1 cm³/mol. The van der Waals surface area contributed by atoms with E-state index in [2.05, 4.69) is 36.1 Å². The molecule has 62 valence electrons. The second-order valence-corrected chi connectivity index (χ2v) is 3.45. The molecule has 0 saturated carbocycles. The van der Waals surface area contributed by atoms with Crippen LogP contribution in [0.4, 0.5) is 0 Å². The monoisotopic (exact) mass is 246 g/mol. The Morgan fingerprint density at radius 3 is 2.83 bits per heavy atom. The zero-order chi connectivity index (χ0) is 8.72. The normalized spacial score (nSPS) is 10.9. The number of nitrogens with one attached hydrogen (secondary N) is 1. The summed E-state index contributed by atoms with van der Waals surface area (Å²) in [6, 6.07) is 0. The highest BCUT2D eigenvalue weighted by Crippen LogP contribution is 2.23. The molecular formula is C6H4BrClN4. The molecule has 2 heterocycles. The van der Waals surface area contributed by atoms with E-state index >= 15 is 0 Å². The summed E-state index contributed by atoms with van der Waals surface area (Å²) in [4.78, 5) is 8.13. The molecule has 0 amide bonds. The van der Waals surface area contributed by atoms with E-state index < -0.39 is 0 Å². The molecule has 2 aromatic heterocycles. The van der Waals surface area contributed by atoms with Gasteiger partial charge in [-0.15, -0.1) is 0 Å². The third-order valence-electron chi connectivity index (χ3n) is 1.43. The Morgan fingerprint density at radius 1 is 1.33 bits per heavy atom. The summed E-state index contributed by atoms with van der Waals surface area (Å²) < 4.78 is 0.727. The van der Waals surface area contributed by atoms with Gasteiger partial charge in [0.2, 0.25) is 0 Å². The molecule has 2 rings (SSSR count). The molecule has 0 aromatic carbocycles. The molecule has 0 aliphatic rings. The van der Waals surface area contributed by atoms with Crippen LogP contribution in [0.25, 0.3) is 11.0 Å². The number of aromatic amines is 1. The Morgan fingerprint density at radius 2 is 2.08 bits per heavy atom. The van der Waals surface area contributed by atoms with Gasteiger partial charge in [-0.2, -0.15) is 5.10 Å². The molecule has 0 unspecified atom stereocenters. The maximum atomic E-state index is 5.82. The van der Waals surface area contributed by atoms with Gasteiger partial charge in [0.15, 0.2) is 5.15 Å². The Balaban J connectivity index is 2.92. The molecule has 0 fully saturated rings. The number of fused-ring (bicyclic) bond motifs is 1. The van der Waals surface area contributed by atoms with Crippen molar-refractivity contribution in [3.63, 3.8) is 0 Å². The summed E-state index contributed by atoms with van der Waals surface area (Å²) in [7, 11) is 0. The highest BCUT2D eigenvalue weighted by molar-refractivity contribution is 9.10. The van der Waals surface area contributed by atoms with Crippen molar-refractivity contribution < 1.29 is 0 Å². The number of rotatable bonds is 0. The lowest BCUT2D eigenvalue weighted by atomic mass is 10.4. The van der Waals surface area contributed by atoms with Crippen LogP contribution in [0.2, 0.25) is 5.15 Å². The summed E-state index contributed by atoms with van der Waals surface area (Å²) in [6.45, 7) is 1.78. The van der Waals surface area contributed by atoms with Crippen LogP contribution in [0, 0.1) is 6.92 Å². The lowest BCUT2D eigenvalue weighted by Crippen LogP contribution is -1.88. The number of H-pyrrole nitrogens is 1. The molecular weight excluding hydrogens is 243 g/mol. The average Bonchev–Trinajstić information content (AvgIpc) is 2.33. The highest BCUT2D eigenvalue weighted by atomic mass is 79.9. The van der Waals surface area contributed by atoms with Crippen molar-refractivity contribution in [2.24, 2.45) is 0 Å². The van der Waals surface area contributed by atoms with Crippen LogP contribution in [0.3, 0.4) is 0 Å². The number of aryl methyl sites for hydroxylation is 1. The van der Waals surface area contributed by atoms with Gasteiger partial charge in [0, 0.05) is 0 Å². The first kappa shape index (κ1) is 7.94. The summed E-state index contributed by atoms with van der Waals surface area (Å²) in [5.41, 5.74) is 1.31. The van der Waals surface area contributed by atoms with Crippen molar-refractivity contribution in [2.75, 3.05) is 0 Å². The largest absolute Gasteiger partial charge is 0.268 e. The zero-order valence-electron chi connectivity index (χ0n) is 6.10. The number of hydrogen-bond acceptors (Lipinski definition) is 3. The Kier molecular flexibility index (Phi) is 1.77. The van der Waals surface area contributed by atoms with Crippen LogP contribution in [-0.2, 0) is 0 Å². The maximum Gasteiger partial charge on any atom is 0.160 e. The molecule has 1 N–H and O–H groups in total. The van der Waals surface area contributed by atoms with Crippen molar-refractivity contribution in [1.82, 2.24) is 20.2 Å². The molecule has 4 nitrogen and oxygen atoms in total. The minimum absolute atomic E-state index is 0.374. The lowest BCUT2D eigenvalue weighted by molar-refractivity contribution is 1.08. The SMILES string of the molecule is Cc1nc(Cl)c2n[nH]c(Br)c2n1. The fraction of sp³-hybridized carbons (Fsp3) is 0.167. The number of halogens is 2. The third-order valence-corrected chi connectivity index (χ3v) is 2.24. The van der Waals surface area contributed by atoms with Crippen LogP contribution in [0.15, 0.2) is 4.60 Å². The molecule has 0 aliphatic heterocycles. The average molecular weight is 247 g/mol. The minimum Gasteiger partial charge on any atom is -0.268 e. The number of hydrogen-bond donors (Lipinski definition) is 1. The van der Waals surface area contributed by atoms with Crippen molar-refractivity contribution in [3.8, 4) is 0 Å². The minimum atomic E-state index is 0.374. The molecule has 0 saturated heterocycles. The van der Waals surface area contributed by atoms with Gasteiger partial charge in [-0.3, -0.25) is 5.10 Å². The molecule has 0 bridgehead atoms. The molecule has 0 atom stereocenters. The first-order chi connectivity index (χ1) is 5.68. The van der Waals surface area contributed by atoms with Crippen LogP contribution in [0.1, 0.15) is 5.82 Å². The van der Waals surface area contributed by atoms with E-state index in [4.69, 9.17) is 11.6 Å². The Hall–Kier alpha value is -0.680. The molecule has 6 heteroatoms. The Bertz CT molecular complexity index is 438. The lowest BCUT2D eigenvalue weighted by Gasteiger charge is -1.93. The summed E-state index contributed by atoms with van der Waals surface area (Å²) in [5.74, 6) is 0.634. The van der Waals surface area contributed by atoms with Crippen LogP contribution >= 0.6 is 27.5 Å². The molecule has 0 spiro atoms. The van der Waals surface area contributed by atoms with Gasteiger partial charge >= 0.3 is 0 Å². The van der Waals surface area contributed by atoms with E-state index in [1.165, 1.54) is 0 Å². The topological polar surface area (TPSA) is 54.5 Å². The third kappa shape index (κ3) is 1.09. The second kappa shape index (κ2) is 2.67. The van der Waals surface area contributed by atoms with E-state index in [0.717, 1.165) is 4.60 Å². The smallest absolute Gasteiger partial charge is 0.160 e. The fourth-order valence-electron chi connectivity index (χ4n) is 0.943.